The molecule has 7 nitrogen and oxygen atoms in total. The molecular weight excluding hydrogens is 613 g/mol. The molecule has 1 fully saturated rings. The molecule has 0 atom stereocenters. The van der Waals surface area contributed by atoms with E-state index in [1.165, 1.54) is 18.9 Å². The van der Waals surface area contributed by atoms with Crippen LogP contribution in [0.25, 0.3) is 6.08 Å². The molecule has 0 bridgehead atoms. The Morgan fingerprint density at radius 3 is 2.69 bits per heavy atom. The van der Waals surface area contributed by atoms with Crippen LogP contribution in [0.2, 0.25) is 5.02 Å². The molecule has 1 aliphatic rings. The molecule has 2 amide bonds. The lowest BCUT2D eigenvalue weighted by Crippen LogP contribution is -2.20. The summed E-state index contributed by atoms with van der Waals surface area (Å²) in [5.74, 6) is 0.328. The largest absolute Gasteiger partial charge is 0.493 e. The summed E-state index contributed by atoms with van der Waals surface area (Å²) in [6.07, 6.45) is 1.76. The number of nitrogens with zero attached hydrogens (tertiary/aromatic N) is 1. The number of aryl methyl sites for hydroxylation is 1. The first-order valence-electron chi connectivity index (χ1n) is 10.7. The molecule has 0 radical (unpaired) electrons. The molecule has 3 aromatic carbocycles. The molecule has 1 aliphatic heterocycles. The van der Waals surface area contributed by atoms with Crippen molar-refractivity contribution in [2.45, 2.75) is 6.92 Å². The fourth-order valence-corrected chi connectivity index (χ4v) is 5.02. The van der Waals surface area contributed by atoms with Crippen molar-refractivity contribution in [3.63, 3.8) is 0 Å². The highest BCUT2D eigenvalue weighted by atomic mass is 127. The van der Waals surface area contributed by atoms with Gasteiger partial charge in [-0.15, -0.1) is 0 Å². The Hall–Kier alpha value is -3.02. The summed E-state index contributed by atoms with van der Waals surface area (Å²) in [4.78, 5) is 29.8. The molecular formula is C26H21ClIN3O4S. The zero-order chi connectivity index (χ0) is 25.7. The van der Waals surface area contributed by atoms with E-state index in [0.717, 1.165) is 20.4 Å². The molecule has 0 aliphatic carbocycles. The van der Waals surface area contributed by atoms with E-state index in [1.807, 2.05) is 49.4 Å². The van der Waals surface area contributed by atoms with Crippen molar-refractivity contribution >= 4 is 80.4 Å². The minimum absolute atomic E-state index is 0.212. The van der Waals surface area contributed by atoms with Crippen LogP contribution in [0.4, 0.5) is 11.4 Å². The number of methoxy groups -OCH3 is 1. The highest BCUT2D eigenvalue weighted by Crippen LogP contribution is 2.36. The van der Waals surface area contributed by atoms with Gasteiger partial charge in [0.1, 0.15) is 0 Å². The van der Waals surface area contributed by atoms with Crippen LogP contribution in [0.1, 0.15) is 11.1 Å². The molecule has 184 valence electrons. The number of benzene rings is 3. The summed E-state index contributed by atoms with van der Waals surface area (Å²) in [7, 11) is 1.52. The maximum Gasteiger partial charge on any atom is 0.264 e. The van der Waals surface area contributed by atoms with E-state index in [0.29, 0.717) is 32.3 Å². The van der Waals surface area contributed by atoms with Gasteiger partial charge in [0.05, 0.1) is 21.3 Å². The summed E-state index contributed by atoms with van der Waals surface area (Å²) < 4.78 is 12.0. The first kappa shape index (κ1) is 26.1. The Labute approximate surface area is 231 Å². The second kappa shape index (κ2) is 11.8. The molecule has 0 saturated carbocycles. The third-order valence-corrected chi connectivity index (χ3v) is 7.11. The van der Waals surface area contributed by atoms with E-state index in [2.05, 4.69) is 38.2 Å². The van der Waals surface area contributed by atoms with Crippen molar-refractivity contribution in [1.82, 2.24) is 5.32 Å². The minimum atomic E-state index is -0.330. The van der Waals surface area contributed by atoms with Crippen molar-refractivity contribution in [1.29, 1.82) is 0 Å². The van der Waals surface area contributed by atoms with E-state index in [4.69, 9.17) is 21.1 Å². The molecule has 3 aromatic rings. The predicted molar refractivity (Wildman–Crippen MR) is 153 cm³/mol. The number of hydrogen-bond acceptors (Lipinski definition) is 6. The number of halogens is 2. The molecule has 1 saturated heterocycles. The number of amidine groups is 1. The number of carbonyl (C=O) groups excluding carboxylic acids is 2. The Bertz CT molecular complexity index is 1380. The van der Waals surface area contributed by atoms with Gasteiger partial charge < -0.3 is 20.1 Å². The number of hydrogen-bond donors (Lipinski definition) is 2. The summed E-state index contributed by atoms with van der Waals surface area (Å²) in [5.41, 5.74) is 3.02. The van der Waals surface area contributed by atoms with Crippen molar-refractivity contribution in [3.05, 3.63) is 85.3 Å². The number of anilines is 1. The monoisotopic (exact) mass is 633 g/mol. The maximum atomic E-state index is 12.5. The van der Waals surface area contributed by atoms with Crippen LogP contribution < -0.4 is 20.1 Å². The first-order valence-corrected chi connectivity index (χ1v) is 13.0. The number of aliphatic imine (C=N–C) groups is 1. The van der Waals surface area contributed by atoms with Gasteiger partial charge in [0.15, 0.2) is 23.3 Å². The zero-order valence-electron chi connectivity index (χ0n) is 19.3. The van der Waals surface area contributed by atoms with Crippen molar-refractivity contribution in [3.8, 4) is 11.5 Å². The molecule has 36 heavy (non-hydrogen) atoms. The molecule has 1 heterocycles. The lowest BCUT2D eigenvalue weighted by Gasteiger charge is -2.14. The van der Waals surface area contributed by atoms with Crippen LogP contribution in [0, 0.1) is 10.5 Å². The van der Waals surface area contributed by atoms with E-state index >= 15 is 0 Å². The average molecular weight is 634 g/mol. The Morgan fingerprint density at radius 1 is 1.19 bits per heavy atom. The number of nitrogens with one attached hydrogen (secondary N) is 2. The van der Waals surface area contributed by atoms with Gasteiger partial charge in [0.2, 0.25) is 0 Å². The normalized spacial score (nSPS) is 15.2. The predicted octanol–water partition coefficient (Wildman–Crippen LogP) is 6.17. The number of para-hydroxylation sites is 1. The van der Waals surface area contributed by atoms with Gasteiger partial charge in [-0.25, -0.2) is 4.99 Å². The summed E-state index contributed by atoms with van der Waals surface area (Å²) >= 11 is 9.49. The second-order valence-electron chi connectivity index (χ2n) is 7.65. The highest BCUT2D eigenvalue weighted by molar-refractivity contribution is 14.1. The summed E-state index contributed by atoms with van der Waals surface area (Å²) in [6, 6.07) is 18.3. The number of ether oxygens (including phenoxy) is 2. The van der Waals surface area contributed by atoms with Gasteiger partial charge in [-0.05, 0) is 94.9 Å². The van der Waals surface area contributed by atoms with Crippen LogP contribution >= 0.6 is 46.0 Å². The smallest absolute Gasteiger partial charge is 0.264 e. The average Bonchev–Trinajstić information content (AvgIpc) is 3.19. The molecule has 2 N–H and O–H groups in total. The van der Waals surface area contributed by atoms with Gasteiger partial charge in [0.25, 0.3) is 11.8 Å². The molecule has 0 spiro atoms. The van der Waals surface area contributed by atoms with E-state index in [9.17, 15) is 9.59 Å². The van der Waals surface area contributed by atoms with Crippen LogP contribution in [0.5, 0.6) is 11.5 Å². The number of amides is 2. The summed E-state index contributed by atoms with van der Waals surface area (Å²) in [5, 5.41) is 6.63. The van der Waals surface area contributed by atoms with Gasteiger partial charge in [0, 0.05) is 10.7 Å². The van der Waals surface area contributed by atoms with Crippen molar-refractivity contribution in [2.75, 3.05) is 19.0 Å². The summed E-state index contributed by atoms with van der Waals surface area (Å²) in [6.45, 7) is 1.68. The lowest BCUT2D eigenvalue weighted by atomic mass is 10.2. The maximum absolute atomic E-state index is 12.5. The third-order valence-electron chi connectivity index (χ3n) is 4.99. The second-order valence-corrected chi connectivity index (χ2v) is 10.3. The quantitative estimate of drug-likeness (QED) is 0.240. The van der Waals surface area contributed by atoms with Crippen molar-refractivity contribution in [2.24, 2.45) is 4.99 Å². The van der Waals surface area contributed by atoms with Gasteiger partial charge in [-0.2, -0.15) is 0 Å². The molecule has 0 aromatic heterocycles. The Balaban J connectivity index is 1.46. The molecule has 4 rings (SSSR count). The van der Waals surface area contributed by atoms with Crippen molar-refractivity contribution < 1.29 is 19.1 Å². The van der Waals surface area contributed by atoms with Crippen LogP contribution in [0.3, 0.4) is 0 Å². The Kier molecular flexibility index (Phi) is 8.55. The topological polar surface area (TPSA) is 89.0 Å². The van der Waals surface area contributed by atoms with E-state index < -0.39 is 0 Å². The van der Waals surface area contributed by atoms with Crippen LogP contribution in [0.15, 0.2) is 70.6 Å². The minimum Gasteiger partial charge on any atom is -0.493 e. The van der Waals surface area contributed by atoms with Gasteiger partial charge in [-0.3, -0.25) is 9.59 Å². The van der Waals surface area contributed by atoms with Crippen LogP contribution in [-0.2, 0) is 9.59 Å². The van der Waals surface area contributed by atoms with Crippen LogP contribution in [-0.4, -0.2) is 30.7 Å². The third kappa shape index (κ3) is 6.59. The fourth-order valence-electron chi connectivity index (χ4n) is 3.22. The number of thioether (sulfide) groups is 1. The molecule has 10 heteroatoms. The lowest BCUT2D eigenvalue weighted by molar-refractivity contribution is -0.118. The fraction of sp³-hybridized carbons (Fsp3) is 0.115. The highest BCUT2D eigenvalue weighted by Gasteiger charge is 2.24. The van der Waals surface area contributed by atoms with Gasteiger partial charge >= 0.3 is 0 Å². The van der Waals surface area contributed by atoms with Gasteiger partial charge in [-0.1, -0.05) is 35.9 Å². The SMILES string of the molecule is COc1cc(/C=C2\SC(=Nc3ccccc3)NC2=O)cc(I)c1OCC(=O)Nc1ccc(C)c(Cl)c1. The number of rotatable bonds is 7. The first-order chi connectivity index (χ1) is 17.3. The molecule has 0 unspecified atom stereocenters. The van der Waals surface area contributed by atoms with E-state index in [1.54, 1.807) is 24.3 Å². The zero-order valence-corrected chi connectivity index (χ0v) is 23.0. The number of carbonyl (C=O) groups is 2. The Morgan fingerprint density at radius 2 is 1.97 bits per heavy atom. The van der Waals surface area contributed by atoms with E-state index in [-0.39, 0.29) is 18.4 Å². The standard InChI is InChI=1S/C26H21ClIN3O4S/c1-15-8-9-18(13-19(15)27)29-23(32)14-35-24-20(28)10-16(11-21(24)34-2)12-22-25(33)31-26(36-22)30-17-6-4-3-5-7-17/h3-13H,14H2,1-2H3,(H,29,32)(H,30,31,33)/b22-12-.